The Labute approximate surface area is 138 Å². The fourth-order valence-electron chi connectivity index (χ4n) is 2.96. The normalized spacial score (nSPS) is 23.6. The molecule has 2 rings (SSSR count). The molecule has 2 aliphatic heterocycles. The lowest BCUT2D eigenvalue weighted by Crippen LogP contribution is -2.49. The van der Waals surface area contributed by atoms with E-state index >= 15 is 0 Å². The van der Waals surface area contributed by atoms with E-state index in [0.717, 1.165) is 19.4 Å². The van der Waals surface area contributed by atoms with Gasteiger partial charge in [0.25, 0.3) is 0 Å². The van der Waals surface area contributed by atoms with Crippen molar-refractivity contribution in [3.05, 3.63) is 0 Å². The molecule has 2 N–H and O–H groups in total. The molecule has 0 aliphatic carbocycles. The summed E-state index contributed by atoms with van der Waals surface area (Å²) in [6.45, 7) is 5.83. The number of morpholine rings is 1. The third-order valence-corrected chi connectivity index (χ3v) is 4.26. The zero-order chi connectivity index (χ0) is 15.2. The Morgan fingerprint density at radius 2 is 1.91 bits per heavy atom. The second-order valence-corrected chi connectivity index (χ2v) is 6.13. The molecule has 2 saturated heterocycles. The van der Waals surface area contributed by atoms with E-state index in [1.807, 2.05) is 16.7 Å². The minimum absolute atomic E-state index is 0. The van der Waals surface area contributed by atoms with Crippen molar-refractivity contribution >= 4 is 24.2 Å². The van der Waals surface area contributed by atoms with Gasteiger partial charge in [-0.25, -0.2) is 0 Å². The predicted molar refractivity (Wildman–Crippen MR) is 86.8 cm³/mol. The van der Waals surface area contributed by atoms with E-state index in [1.165, 1.54) is 0 Å². The highest BCUT2D eigenvalue weighted by Crippen LogP contribution is 2.20. The van der Waals surface area contributed by atoms with Gasteiger partial charge in [-0.05, 0) is 26.2 Å². The number of hydrogen-bond donors (Lipinski definition) is 1. The van der Waals surface area contributed by atoms with Crippen molar-refractivity contribution in [2.24, 2.45) is 11.7 Å². The smallest absolute Gasteiger partial charge is 0.227 e. The highest BCUT2D eigenvalue weighted by atomic mass is 35.5. The molecule has 2 aliphatic rings. The van der Waals surface area contributed by atoms with Crippen molar-refractivity contribution in [2.75, 3.05) is 39.4 Å². The third kappa shape index (κ3) is 5.41. The maximum Gasteiger partial charge on any atom is 0.227 e. The van der Waals surface area contributed by atoms with Gasteiger partial charge in [-0.2, -0.15) is 0 Å². The van der Waals surface area contributed by atoms with Crippen LogP contribution in [0.1, 0.15) is 32.6 Å². The lowest BCUT2D eigenvalue weighted by Gasteiger charge is -2.36. The first-order valence-electron chi connectivity index (χ1n) is 7.98. The van der Waals surface area contributed by atoms with Gasteiger partial charge in [-0.1, -0.05) is 0 Å². The minimum atomic E-state index is -0.0453. The van der Waals surface area contributed by atoms with Crippen LogP contribution in [0.2, 0.25) is 0 Å². The molecule has 0 spiro atoms. The lowest BCUT2D eigenvalue weighted by molar-refractivity contribution is -0.144. The molecule has 6 nitrogen and oxygen atoms in total. The van der Waals surface area contributed by atoms with Crippen LogP contribution in [0, 0.1) is 5.92 Å². The number of amides is 2. The average Bonchev–Trinajstić information content (AvgIpc) is 2.52. The number of likely N-dealkylation sites (tertiary alicyclic amines) is 1. The summed E-state index contributed by atoms with van der Waals surface area (Å²) in [4.78, 5) is 28.4. The first-order valence-corrected chi connectivity index (χ1v) is 7.98. The maximum atomic E-state index is 12.5. The summed E-state index contributed by atoms with van der Waals surface area (Å²) >= 11 is 0. The second-order valence-electron chi connectivity index (χ2n) is 6.13. The molecule has 2 heterocycles. The fourth-order valence-corrected chi connectivity index (χ4v) is 2.96. The number of ether oxygens (including phenoxy) is 1. The van der Waals surface area contributed by atoms with E-state index in [9.17, 15) is 9.59 Å². The molecule has 2 atom stereocenters. The van der Waals surface area contributed by atoms with Gasteiger partial charge in [0.1, 0.15) is 0 Å². The topological polar surface area (TPSA) is 75.9 Å². The van der Waals surface area contributed by atoms with Crippen molar-refractivity contribution < 1.29 is 14.3 Å². The zero-order valence-corrected chi connectivity index (χ0v) is 14.1. The average molecular weight is 334 g/mol. The molecule has 0 aromatic heterocycles. The van der Waals surface area contributed by atoms with Gasteiger partial charge < -0.3 is 20.3 Å². The number of nitrogens with two attached hydrogens (primary N) is 1. The monoisotopic (exact) mass is 333 g/mol. The number of carbonyl (C=O) groups is 2. The van der Waals surface area contributed by atoms with Gasteiger partial charge in [0.05, 0.1) is 19.1 Å². The summed E-state index contributed by atoms with van der Waals surface area (Å²) in [5, 5.41) is 0. The molecule has 2 fully saturated rings. The van der Waals surface area contributed by atoms with Crippen LogP contribution in [-0.4, -0.2) is 67.0 Å². The predicted octanol–water partition coefficient (Wildman–Crippen LogP) is 0.633. The molecule has 7 heteroatoms. The first-order chi connectivity index (χ1) is 10.1. The van der Waals surface area contributed by atoms with Crippen LogP contribution in [0.3, 0.4) is 0 Å². The van der Waals surface area contributed by atoms with Crippen molar-refractivity contribution in [3.8, 4) is 0 Å². The molecule has 22 heavy (non-hydrogen) atoms. The van der Waals surface area contributed by atoms with Gasteiger partial charge in [0.2, 0.25) is 11.8 Å². The summed E-state index contributed by atoms with van der Waals surface area (Å²) in [7, 11) is 0. The summed E-state index contributed by atoms with van der Waals surface area (Å²) in [5.74, 6) is 0.269. The lowest BCUT2D eigenvalue weighted by atomic mass is 9.95. The number of nitrogens with zero attached hydrogens (tertiary/aromatic N) is 2. The van der Waals surface area contributed by atoms with Gasteiger partial charge >= 0.3 is 0 Å². The number of carbonyl (C=O) groups excluding carboxylic acids is 2. The highest BCUT2D eigenvalue weighted by molar-refractivity contribution is 5.85. The molecule has 0 aromatic carbocycles. The van der Waals surface area contributed by atoms with Gasteiger partial charge in [0.15, 0.2) is 0 Å². The van der Waals surface area contributed by atoms with Gasteiger partial charge in [-0.3, -0.25) is 9.59 Å². The van der Waals surface area contributed by atoms with Crippen LogP contribution in [0.5, 0.6) is 0 Å². The van der Waals surface area contributed by atoms with Crippen LogP contribution in [0.15, 0.2) is 0 Å². The number of halogens is 1. The summed E-state index contributed by atoms with van der Waals surface area (Å²) in [6, 6.07) is 0.0459. The quantitative estimate of drug-likeness (QED) is 0.819. The summed E-state index contributed by atoms with van der Waals surface area (Å²) in [5.41, 5.74) is 5.70. The van der Waals surface area contributed by atoms with Crippen LogP contribution in [0.25, 0.3) is 0 Å². The first kappa shape index (κ1) is 19.2. The molecule has 0 aromatic rings. The number of rotatable bonds is 4. The third-order valence-electron chi connectivity index (χ3n) is 4.26. The van der Waals surface area contributed by atoms with Crippen molar-refractivity contribution in [3.63, 3.8) is 0 Å². The number of piperidine rings is 1. The van der Waals surface area contributed by atoms with E-state index in [0.29, 0.717) is 45.7 Å². The Morgan fingerprint density at radius 1 is 1.23 bits per heavy atom. The summed E-state index contributed by atoms with van der Waals surface area (Å²) < 4.78 is 5.28. The summed E-state index contributed by atoms with van der Waals surface area (Å²) in [6.07, 6.45) is 2.98. The Balaban J connectivity index is 0.00000242. The van der Waals surface area contributed by atoms with Gasteiger partial charge in [0, 0.05) is 38.6 Å². The Morgan fingerprint density at radius 3 is 2.55 bits per heavy atom. The second kappa shape index (κ2) is 9.33. The van der Waals surface area contributed by atoms with Crippen LogP contribution in [-0.2, 0) is 14.3 Å². The van der Waals surface area contributed by atoms with E-state index < -0.39 is 0 Å². The SMILES string of the molecule is CC(N)CCC(=O)N1CCCC(C(=O)N2CCOCC2)C1.Cl. The van der Waals surface area contributed by atoms with Gasteiger partial charge in [-0.15, -0.1) is 12.4 Å². The number of hydrogen-bond acceptors (Lipinski definition) is 4. The molecular formula is C15H28ClN3O3. The molecular weight excluding hydrogens is 306 g/mol. The Hall–Kier alpha value is -0.850. The van der Waals surface area contributed by atoms with Crippen LogP contribution < -0.4 is 5.73 Å². The largest absolute Gasteiger partial charge is 0.378 e. The fraction of sp³-hybridized carbons (Fsp3) is 0.867. The standard InChI is InChI=1S/C15H27N3O3.ClH/c1-12(16)4-5-14(19)18-6-2-3-13(11-18)15(20)17-7-9-21-10-8-17;/h12-13H,2-11,16H2,1H3;1H. The maximum absolute atomic E-state index is 12.5. The van der Waals surface area contributed by atoms with Crippen LogP contribution >= 0.6 is 12.4 Å². The molecule has 2 amide bonds. The highest BCUT2D eigenvalue weighted by Gasteiger charge is 2.31. The van der Waals surface area contributed by atoms with E-state index in [-0.39, 0.29) is 36.2 Å². The molecule has 0 saturated carbocycles. The minimum Gasteiger partial charge on any atom is -0.378 e. The molecule has 128 valence electrons. The van der Waals surface area contributed by atoms with Crippen molar-refractivity contribution in [1.82, 2.24) is 9.80 Å². The zero-order valence-electron chi connectivity index (χ0n) is 13.3. The Kier molecular flexibility index (Phi) is 8.14. The molecule has 2 unspecified atom stereocenters. The van der Waals surface area contributed by atoms with Crippen molar-refractivity contribution in [1.29, 1.82) is 0 Å². The van der Waals surface area contributed by atoms with E-state index in [4.69, 9.17) is 10.5 Å². The van der Waals surface area contributed by atoms with E-state index in [2.05, 4.69) is 0 Å². The van der Waals surface area contributed by atoms with Crippen molar-refractivity contribution in [2.45, 2.75) is 38.6 Å². The van der Waals surface area contributed by atoms with Crippen LogP contribution in [0.4, 0.5) is 0 Å². The molecule has 0 bridgehead atoms. The van der Waals surface area contributed by atoms with E-state index in [1.54, 1.807) is 0 Å². The molecule has 0 radical (unpaired) electrons. The Bertz CT molecular complexity index is 373.